The number of carbonyl (C=O) groups is 2. The molecular formula is C18H34Cl2N4O3. The van der Waals surface area contributed by atoms with Crippen LogP contribution in [0.25, 0.3) is 0 Å². The van der Waals surface area contributed by atoms with Crippen LogP contribution in [0.3, 0.4) is 0 Å². The zero-order valence-corrected chi connectivity index (χ0v) is 17.9. The van der Waals surface area contributed by atoms with Gasteiger partial charge in [-0.1, -0.05) is 6.42 Å². The number of hydrogen-bond acceptors (Lipinski definition) is 6. The lowest BCUT2D eigenvalue weighted by atomic mass is 9.91. The van der Waals surface area contributed by atoms with Gasteiger partial charge in [-0.2, -0.15) is 0 Å². The highest BCUT2D eigenvalue weighted by Gasteiger charge is 2.44. The van der Waals surface area contributed by atoms with Crippen molar-refractivity contribution in [2.24, 2.45) is 0 Å². The third kappa shape index (κ3) is 5.94. The number of rotatable bonds is 5. The monoisotopic (exact) mass is 424 g/mol. The standard InChI is InChI=1S/C18H32N4O3.2ClH/c1-16(24)25-18(7-3-2-4-8-18)22(15-23)21-13-11-20(12-14-21)17-5-9-19-10-6-17;;/h15,17,19H,2-14H2,1H3;2*1H. The molecule has 3 aliphatic rings. The molecule has 1 aliphatic carbocycles. The fraction of sp³-hybridized carbons (Fsp3) is 0.889. The number of nitrogens with zero attached hydrogens (tertiary/aromatic N) is 3. The number of hydrazine groups is 1. The first kappa shape index (κ1) is 24.4. The lowest BCUT2D eigenvalue weighted by Gasteiger charge is -2.50. The summed E-state index contributed by atoms with van der Waals surface area (Å²) in [5.41, 5.74) is -0.775. The highest BCUT2D eigenvalue weighted by molar-refractivity contribution is 5.85. The second-order valence-corrected chi connectivity index (χ2v) is 7.52. The number of ether oxygens (including phenoxy) is 1. The molecule has 9 heteroatoms. The van der Waals surface area contributed by atoms with Crippen molar-refractivity contribution >= 4 is 37.2 Å². The molecular weight excluding hydrogens is 391 g/mol. The number of nitrogens with one attached hydrogen (secondary N) is 1. The van der Waals surface area contributed by atoms with E-state index in [2.05, 4.69) is 15.2 Å². The summed E-state index contributed by atoms with van der Waals surface area (Å²) in [6.45, 7) is 7.18. The summed E-state index contributed by atoms with van der Waals surface area (Å²) in [6, 6.07) is 0.658. The smallest absolute Gasteiger partial charge is 0.304 e. The van der Waals surface area contributed by atoms with E-state index < -0.39 is 5.72 Å². The van der Waals surface area contributed by atoms with Gasteiger partial charge in [0.2, 0.25) is 12.1 Å². The first-order valence-corrected chi connectivity index (χ1v) is 9.78. The van der Waals surface area contributed by atoms with E-state index in [9.17, 15) is 9.59 Å². The van der Waals surface area contributed by atoms with Gasteiger partial charge in [-0.05, 0) is 38.8 Å². The second-order valence-electron chi connectivity index (χ2n) is 7.52. The summed E-state index contributed by atoms with van der Waals surface area (Å²) < 4.78 is 5.72. The quantitative estimate of drug-likeness (QED) is 0.412. The third-order valence-corrected chi connectivity index (χ3v) is 5.91. The van der Waals surface area contributed by atoms with Crippen LogP contribution < -0.4 is 5.32 Å². The van der Waals surface area contributed by atoms with Crippen LogP contribution in [0.4, 0.5) is 0 Å². The number of piperazine rings is 1. The Kier molecular flexibility index (Phi) is 10.3. The van der Waals surface area contributed by atoms with Crippen molar-refractivity contribution in [1.82, 2.24) is 20.2 Å². The van der Waals surface area contributed by atoms with Crippen molar-refractivity contribution in [3.05, 3.63) is 0 Å². The van der Waals surface area contributed by atoms with Crippen molar-refractivity contribution in [3.8, 4) is 0 Å². The van der Waals surface area contributed by atoms with Crippen molar-refractivity contribution in [2.75, 3.05) is 39.3 Å². The molecule has 0 unspecified atom stereocenters. The Morgan fingerprint density at radius 2 is 1.67 bits per heavy atom. The third-order valence-electron chi connectivity index (χ3n) is 5.91. The molecule has 3 rings (SSSR count). The zero-order chi connectivity index (χ0) is 17.7. The average molecular weight is 425 g/mol. The molecule has 2 heterocycles. The van der Waals surface area contributed by atoms with Gasteiger partial charge in [0.15, 0.2) is 0 Å². The van der Waals surface area contributed by atoms with Crippen LogP contribution >= 0.6 is 24.8 Å². The van der Waals surface area contributed by atoms with Crippen LogP contribution in [-0.4, -0.2) is 78.3 Å². The van der Waals surface area contributed by atoms with E-state index in [-0.39, 0.29) is 30.8 Å². The van der Waals surface area contributed by atoms with Crippen LogP contribution in [0, 0.1) is 0 Å². The molecule has 1 amide bonds. The maximum absolute atomic E-state index is 11.9. The molecule has 0 aromatic rings. The molecule has 1 N–H and O–H groups in total. The van der Waals surface area contributed by atoms with Crippen molar-refractivity contribution in [3.63, 3.8) is 0 Å². The minimum atomic E-state index is -0.775. The van der Waals surface area contributed by atoms with E-state index in [0.29, 0.717) is 6.04 Å². The largest absolute Gasteiger partial charge is 0.438 e. The number of esters is 1. The predicted molar refractivity (Wildman–Crippen MR) is 109 cm³/mol. The normalized spacial score (nSPS) is 24.2. The molecule has 0 spiro atoms. The van der Waals surface area contributed by atoms with Gasteiger partial charge in [-0.15, -0.1) is 24.8 Å². The van der Waals surface area contributed by atoms with Gasteiger partial charge in [0, 0.05) is 52.0 Å². The van der Waals surface area contributed by atoms with Crippen LogP contribution in [-0.2, 0) is 14.3 Å². The Morgan fingerprint density at radius 3 is 2.19 bits per heavy atom. The fourth-order valence-electron chi connectivity index (χ4n) is 4.63. The van der Waals surface area contributed by atoms with E-state index in [1.54, 1.807) is 5.01 Å². The molecule has 0 aromatic carbocycles. The molecule has 158 valence electrons. The highest BCUT2D eigenvalue weighted by Crippen LogP contribution is 2.35. The number of carbonyl (C=O) groups excluding carboxylic acids is 2. The molecule has 0 radical (unpaired) electrons. The van der Waals surface area contributed by atoms with Crippen molar-refractivity contribution in [2.45, 2.75) is 63.6 Å². The van der Waals surface area contributed by atoms with E-state index in [4.69, 9.17) is 4.74 Å². The predicted octanol–water partition coefficient (Wildman–Crippen LogP) is 1.80. The molecule has 0 bridgehead atoms. The fourth-order valence-corrected chi connectivity index (χ4v) is 4.63. The van der Waals surface area contributed by atoms with Gasteiger partial charge in [-0.3, -0.25) is 14.5 Å². The molecule has 0 aromatic heterocycles. The number of hydrogen-bond donors (Lipinski definition) is 1. The van der Waals surface area contributed by atoms with Gasteiger partial charge in [0.25, 0.3) is 0 Å². The Labute approximate surface area is 174 Å². The van der Waals surface area contributed by atoms with Gasteiger partial charge >= 0.3 is 5.97 Å². The van der Waals surface area contributed by atoms with E-state index >= 15 is 0 Å². The van der Waals surface area contributed by atoms with Crippen molar-refractivity contribution in [1.29, 1.82) is 0 Å². The van der Waals surface area contributed by atoms with Gasteiger partial charge < -0.3 is 10.1 Å². The molecule has 27 heavy (non-hydrogen) atoms. The molecule has 0 atom stereocenters. The van der Waals surface area contributed by atoms with Crippen LogP contribution in [0.15, 0.2) is 0 Å². The average Bonchev–Trinajstić information content (AvgIpc) is 2.64. The van der Waals surface area contributed by atoms with Crippen molar-refractivity contribution < 1.29 is 14.3 Å². The topological polar surface area (TPSA) is 65.1 Å². The SMILES string of the molecule is CC(=O)OC1(N(C=O)N2CCN(C3CCNCC3)CC2)CCCCC1.Cl.Cl. The Morgan fingerprint density at radius 1 is 1.07 bits per heavy atom. The Balaban J connectivity index is 0.00000182. The Bertz CT molecular complexity index is 464. The van der Waals surface area contributed by atoms with Gasteiger partial charge in [0.1, 0.15) is 0 Å². The van der Waals surface area contributed by atoms with E-state index in [1.807, 2.05) is 0 Å². The first-order valence-electron chi connectivity index (χ1n) is 9.78. The Hall–Kier alpha value is -0.600. The van der Waals surface area contributed by atoms with E-state index in [0.717, 1.165) is 77.8 Å². The van der Waals surface area contributed by atoms with Crippen LogP contribution in [0.1, 0.15) is 51.9 Å². The summed E-state index contributed by atoms with van der Waals surface area (Å²) in [6.07, 6.45) is 7.87. The maximum atomic E-state index is 11.9. The second kappa shape index (κ2) is 11.4. The number of amides is 1. The molecule has 7 nitrogen and oxygen atoms in total. The highest BCUT2D eigenvalue weighted by atomic mass is 35.5. The molecule has 1 saturated carbocycles. The summed E-state index contributed by atoms with van der Waals surface area (Å²) in [7, 11) is 0. The van der Waals surface area contributed by atoms with E-state index in [1.165, 1.54) is 19.8 Å². The minimum Gasteiger partial charge on any atom is -0.438 e. The maximum Gasteiger partial charge on any atom is 0.304 e. The number of halogens is 2. The number of piperidine rings is 1. The first-order chi connectivity index (χ1) is 12.1. The summed E-state index contributed by atoms with van der Waals surface area (Å²) >= 11 is 0. The minimum absolute atomic E-state index is 0. The van der Waals surface area contributed by atoms with Gasteiger partial charge in [0.05, 0.1) is 0 Å². The summed E-state index contributed by atoms with van der Waals surface area (Å²) in [5.74, 6) is -0.304. The molecule has 2 aliphatic heterocycles. The molecule has 2 saturated heterocycles. The van der Waals surface area contributed by atoms with Crippen LogP contribution in [0.5, 0.6) is 0 Å². The lowest BCUT2D eigenvalue weighted by Crippen LogP contribution is -2.64. The summed E-state index contributed by atoms with van der Waals surface area (Å²) in [4.78, 5) is 26.2. The lowest BCUT2D eigenvalue weighted by molar-refractivity contribution is -0.237. The summed E-state index contributed by atoms with van der Waals surface area (Å²) in [5, 5.41) is 7.21. The molecule has 3 fully saturated rings. The zero-order valence-electron chi connectivity index (χ0n) is 16.2. The van der Waals surface area contributed by atoms with Crippen LogP contribution in [0.2, 0.25) is 0 Å². The van der Waals surface area contributed by atoms with Gasteiger partial charge in [-0.25, -0.2) is 10.0 Å².